The number of rotatable bonds is 8. The van der Waals surface area contributed by atoms with Gasteiger partial charge in [-0.05, 0) is 148 Å². The maximum absolute atomic E-state index is 6.98. The minimum Gasteiger partial charge on any atom is -0.457 e. The number of nitrogens with zero attached hydrogens (tertiary/aromatic N) is 4. The third-order valence-electron chi connectivity index (χ3n) is 13.1. The van der Waals surface area contributed by atoms with Crippen molar-refractivity contribution in [3.05, 3.63) is 167 Å². The Labute approximate surface area is 375 Å². The molecule has 0 saturated heterocycles. The van der Waals surface area contributed by atoms with Crippen molar-refractivity contribution < 1.29 is 4.74 Å². The third-order valence-corrected chi connectivity index (χ3v) is 13.1. The number of anilines is 4. The number of benzene rings is 6. The molecule has 0 spiro atoms. The van der Waals surface area contributed by atoms with Gasteiger partial charge < -0.3 is 14.5 Å². The fourth-order valence-corrected chi connectivity index (χ4v) is 9.30. The molecule has 5 nitrogen and oxygen atoms in total. The minimum absolute atomic E-state index is 0.00778. The molecule has 0 bridgehead atoms. The van der Waals surface area contributed by atoms with Gasteiger partial charge in [0.25, 0.3) is 0 Å². The molecule has 0 N–H and O–H groups in total. The lowest BCUT2D eigenvalue weighted by atomic mass is 9.85. The Bertz CT molecular complexity index is 3000. The van der Waals surface area contributed by atoms with Crippen LogP contribution in [0.15, 0.2) is 134 Å². The van der Waals surface area contributed by atoms with Crippen LogP contribution < -0.4 is 14.5 Å². The van der Waals surface area contributed by atoms with E-state index in [9.17, 15) is 0 Å². The Morgan fingerprint density at radius 2 is 1.17 bits per heavy atom. The Hall–Kier alpha value is -6.33. The van der Waals surface area contributed by atoms with E-state index in [-0.39, 0.29) is 10.8 Å². The number of para-hydroxylation sites is 1. The van der Waals surface area contributed by atoms with Gasteiger partial charge in [0.2, 0.25) is 0 Å². The second kappa shape index (κ2) is 15.8. The first-order valence-electron chi connectivity index (χ1n) is 22.7. The Morgan fingerprint density at radius 1 is 0.540 bits per heavy atom. The lowest BCUT2D eigenvalue weighted by Crippen LogP contribution is -2.24. The largest absolute Gasteiger partial charge is 0.457 e. The van der Waals surface area contributed by atoms with E-state index in [1.807, 2.05) is 6.20 Å². The SMILES string of the molecule is Cc1cc2c(cc1C)N(c1cc(Oc3ccc4c5ccccc5n(-c5cc(C(C)(C)C)ccn5)c4c3)cc(C(C)(C)C)c1)CN2c1cccc(-c2c(C(C)C)cccc2C(C)C)c1. The molecule has 1 aliphatic heterocycles. The number of hydrogen-bond donors (Lipinski definition) is 0. The van der Waals surface area contributed by atoms with Gasteiger partial charge >= 0.3 is 0 Å². The number of hydrogen-bond acceptors (Lipinski definition) is 4. The van der Waals surface area contributed by atoms with Crippen molar-refractivity contribution in [1.29, 1.82) is 0 Å². The Balaban J connectivity index is 1.14. The molecule has 0 atom stereocenters. The van der Waals surface area contributed by atoms with Crippen molar-refractivity contribution in [2.24, 2.45) is 0 Å². The zero-order chi connectivity index (χ0) is 44.5. The zero-order valence-electron chi connectivity index (χ0n) is 39.3. The van der Waals surface area contributed by atoms with E-state index in [2.05, 4.69) is 225 Å². The van der Waals surface area contributed by atoms with E-state index in [0.717, 1.165) is 34.0 Å². The first-order chi connectivity index (χ1) is 30.0. The van der Waals surface area contributed by atoms with Crippen molar-refractivity contribution in [3.8, 4) is 28.4 Å². The van der Waals surface area contributed by atoms with Crippen LogP contribution in [0.4, 0.5) is 22.7 Å². The highest BCUT2D eigenvalue weighted by molar-refractivity contribution is 6.09. The van der Waals surface area contributed by atoms with E-state index >= 15 is 0 Å². The minimum atomic E-state index is -0.119. The van der Waals surface area contributed by atoms with Gasteiger partial charge in [0.15, 0.2) is 0 Å². The molecule has 9 rings (SSSR count). The fraction of sp³-hybridized carbons (Fsp3) is 0.293. The lowest BCUT2D eigenvalue weighted by Gasteiger charge is -2.26. The molecule has 0 aliphatic carbocycles. The molecular weight excluding hydrogens is 769 g/mol. The zero-order valence-corrected chi connectivity index (χ0v) is 39.3. The fourth-order valence-electron chi connectivity index (χ4n) is 9.30. The van der Waals surface area contributed by atoms with Crippen LogP contribution in [-0.4, -0.2) is 16.2 Å². The van der Waals surface area contributed by atoms with Crippen molar-refractivity contribution in [1.82, 2.24) is 9.55 Å². The van der Waals surface area contributed by atoms with Gasteiger partial charge in [-0.15, -0.1) is 0 Å². The molecule has 0 amide bonds. The summed E-state index contributed by atoms with van der Waals surface area (Å²) in [6.45, 7) is 27.9. The van der Waals surface area contributed by atoms with Gasteiger partial charge in [-0.1, -0.05) is 118 Å². The number of fused-ring (bicyclic) bond motifs is 4. The molecule has 0 saturated carbocycles. The van der Waals surface area contributed by atoms with Crippen LogP contribution in [0.3, 0.4) is 0 Å². The summed E-state index contributed by atoms with van der Waals surface area (Å²) in [5.41, 5.74) is 17.2. The molecule has 6 aromatic carbocycles. The highest BCUT2D eigenvalue weighted by Crippen LogP contribution is 2.48. The van der Waals surface area contributed by atoms with Gasteiger partial charge in [-0.2, -0.15) is 0 Å². The highest BCUT2D eigenvalue weighted by atomic mass is 16.5. The Morgan fingerprint density at radius 3 is 1.84 bits per heavy atom. The van der Waals surface area contributed by atoms with E-state index < -0.39 is 0 Å². The molecule has 1 aliphatic rings. The van der Waals surface area contributed by atoms with Crippen LogP contribution in [0.2, 0.25) is 0 Å². The van der Waals surface area contributed by atoms with Crippen LogP contribution in [0.25, 0.3) is 38.8 Å². The van der Waals surface area contributed by atoms with Crippen LogP contribution in [-0.2, 0) is 10.8 Å². The van der Waals surface area contributed by atoms with Gasteiger partial charge in [-0.3, -0.25) is 4.57 Å². The van der Waals surface area contributed by atoms with Gasteiger partial charge in [-0.25, -0.2) is 4.98 Å². The molecule has 63 heavy (non-hydrogen) atoms. The number of ether oxygens (including phenoxy) is 1. The van der Waals surface area contributed by atoms with Crippen molar-refractivity contribution in [2.45, 2.75) is 106 Å². The number of aryl methyl sites for hydroxylation is 2. The second-order valence-corrected chi connectivity index (χ2v) is 20.3. The molecule has 3 heterocycles. The summed E-state index contributed by atoms with van der Waals surface area (Å²) >= 11 is 0. The monoisotopic (exact) mass is 830 g/mol. The maximum atomic E-state index is 6.98. The summed E-state index contributed by atoms with van der Waals surface area (Å²) in [5, 5.41) is 2.36. The van der Waals surface area contributed by atoms with Crippen LogP contribution in [0.1, 0.15) is 114 Å². The van der Waals surface area contributed by atoms with Gasteiger partial charge in [0.1, 0.15) is 24.0 Å². The van der Waals surface area contributed by atoms with Crippen LogP contribution in [0.5, 0.6) is 11.5 Å². The number of pyridine rings is 1. The van der Waals surface area contributed by atoms with E-state index in [1.54, 1.807) is 0 Å². The molecule has 8 aromatic rings. The molecule has 0 unspecified atom stereocenters. The average molecular weight is 831 g/mol. The average Bonchev–Trinajstić information content (AvgIpc) is 3.78. The van der Waals surface area contributed by atoms with Crippen molar-refractivity contribution in [2.75, 3.05) is 16.5 Å². The first kappa shape index (κ1) is 42.0. The van der Waals surface area contributed by atoms with E-state index in [1.165, 1.54) is 72.3 Å². The standard InChI is InChI=1S/C58H62N4O/c1-36(2)47-20-16-21-48(37(3)4)56(47)40-17-15-18-43(29-40)60-35-61(54-28-39(6)38(5)27-53(54)60)44-30-42(58(10,11)12)31-46(33-44)63-45-23-24-50-49-19-13-14-22-51(49)62(52(50)34-45)55-32-41(25-26-59-55)57(7,8)9/h13-34,36-37H,35H2,1-12H3. The maximum Gasteiger partial charge on any atom is 0.137 e. The van der Waals surface area contributed by atoms with Crippen molar-refractivity contribution in [3.63, 3.8) is 0 Å². The van der Waals surface area contributed by atoms with Gasteiger partial charge in [0, 0.05) is 40.5 Å². The van der Waals surface area contributed by atoms with Crippen LogP contribution in [0, 0.1) is 13.8 Å². The summed E-state index contributed by atoms with van der Waals surface area (Å²) in [4.78, 5) is 9.87. The smallest absolute Gasteiger partial charge is 0.137 e. The van der Waals surface area contributed by atoms with Crippen LogP contribution >= 0.6 is 0 Å². The molecular formula is C58H62N4O. The lowest BCUT2D eigenvalue weighted by molar-refractivity contribution is 0.479. The highest BCUT2D eigenvalue weighted by Gasteiger charge is 2.31. The summed E-state index contributed by atoms with van der Waals surface area (Å²) in [7, 11) is 0. The van der Waals surface area contributed by atoms with Gasteiger partial charge in [0.05, 0.1) is 22.4 Å². The predicted octanol–water partition coefficient (Wildman–Crippen LogP) is 16.3. The van der Waals surface area contributed by atoms with E-state index in [4.69, 9.17) is 9.72 Å². The summed E-state index contributed by atoms with van der Waals surface area (Å²) in [6, 6.07) is 47.0. The number of aromatic nitrogens is 2. The molecule has 320 valence electrons. The molecule has 0 radical (unpaired) electrons. The molecule has 5 heteroatoms. The summed E-state index contributed by atoms with van der Waals surface area (Å²) in [6.07, 6.45) is 1.93. The normalized spacial score (nSPS) is 13.2. The topological polar surface area (TPSA) is 33.5 Å². The quantitative estimate of drug-likeness (QED) is 0.153. The second-order valence-electron chi connectivity index (χ2n) is 20.3. The van der Waals surface area contributed by atoms with E-state index in [0.29, 0.717) is 18.5 Å². The summed E-state index contributed by atoms with van der Waals surface area (Å²) in [5.74, 6) is 3.32. The Kier molecular flexibility index (Phi) is 10.5. The summed E-state index contributed by atoms with van der Waals surface area (Å²) < 4.78 is 9.26. The third kappa shape index (κ3) is 7.77. The predicted molar refractivity (Wildman–Crippen MR) is 268 cm³/mol. The molecule has 2 aromatic heterocycles. The first-order valence-corrected chi connectivity index (χ1v) is 22.7. The molecule has 0 fully saturated rings. The van der Waals surface area contributed by atoms with Crippen molar-refractivity contribution >= 4 is 44.6 Å².